The Morgan fingerprint density at radius 1 is 1.48 bits per heavy atom. The van der Waals surface area contributed by atoms with Gasteiger partial charge in [-0.1, -0.05) is 17.7 Å². The fourth-order valence-corrected chi connectivity index (χ4v) is 4.69. The number of halogens is 2. The van der Waals surface area contributed by atoms with Gasteiger partial charge < -0.3 is 10.1 Å². The number of hydrogen-bond acceptors (Lipinski definition) is 5. The Morgan fingerprint density at radius 2 is 2.31 bits per heavy atom. The molecule has 1 saturated heterocycles. The lowest BCUT2D eigenvalue weighted by atomic mass is 10.0. The number of carbonyl (C=O) groups excluding carboxylic acids is 1. The first-order valence-corrected chi connectivity index (χ1v) is 11.1. The number of carbonyl (C=O) groups is 1. The third kappa shape index (κ3) is 5.06. The highest BCUT2D eigenvalue weighted by molar-refractivity contribution is 7.13. The van der Waals surface area contributed by atoms with Gasteiger partial charge in [-0.3, -0.25) is 10.2 Å². The van der Waals surface area contributed by atoms with Crippen LogP contribution in [0.4, 0.5) is 14.3 Å². The quantitative estimate of drug-likeness (QED) is 0.701. The molecule has 0 radical (unpaired) electrons. The average molecular weight is 439 g/mol. The third-order valence-electron chi connectivity index (χ3n) is 5.24. The minimum atomic E-state index is -0.390. The molecule has 0 bridgehead atoms. The van der Waals surface area contributed by atoms with Crippen molar-refractivity contribution in [1.82, 2.24) is 15.2 Å². The van der Waals surface area contributed by atoms with Gasteiger partial charge in [-0.05, 0) is 31.9 Å². The zero-order valence-electron chi connectivity index (χ0n) is 16.2. The van der Waals surface area contributed by atoms with E-state index in [9.17, 15) is 9.18 Å². The van der Waals surface area contributed by atoms with Crippen LogP contribution in [-0.4, -0.2) is 48.3 Å². The van der Waals surface area contributed by atoms with Crippen LogP contribution >= 0.6 is 22.9 Å². The number of aromatic nitrogens is 1. The average Bonchev–Trinajstić information content (AvgIpc) is 3.43. The zero-order chi connectivity index (χ0) is 20.4. The summed E-state index contributed by atoms with van der Waals surface area (Å²) in [7, 11) is 0. The van der Waals surface area contributed by atoms with Crippen LogP contribution in [0.3, 0.4) is 0 Å². The fourth-order valence-electron chi connectivity index (χ4n) is 3.61. The molecule has 2 fully saturated rings. The maximum absolute atomic E-state index is 14.6. The molecule has 9 heteroatoms. The zero-order valence-corrected chi connectivity index (χ0v) is 17.7. The molecule has 2 unspecified atom stereocenters. The third-order valence-corrected chi connectivity index (χ3v) is 6.35. The molecular formula is C20H24ClFN4O2S. The number of benzene rings is 1. The Kier molecular flexibility index (Phi) is 6.34. The molecule has 2 aliphatic rings. The van der Waals surface area contributed by atoms with E-state index in [0.717, 1.165) is 5.69 Å². The van der Waals surface area contributed by atoms with Crippen molar-refractivity contribution >= 4 is 34.1 Å². The normalized spacial score (nSPS) is 21.0. The van der Waals surface area contributed by atoms with Crippen molar-refractivity contribution in [1.29, 1.82) is 0 Å². The molecule has 1 aliphatic carbocycles. The predicted octanol–water partition coefficient (Wildman–Crippen LogP) is 4.40. The Hall–Kier alpha value is -1.74. The highest BCUT2D eigenvalue weighted by Crippen LogP contribution is 2.40. The molecule has 2 atom stereocenters. The summed E-state index contributed by atoms with van der Waals surface area (Å²) in [6.45, 7) is 4.03. The minimum Gasteiger partial charge on any atom is -0.376 e. The second kappa shape index (κ2) is 8.95. The molecule has 1 aliphatic heterocycles. The summed E-state index contributed by atoms with van der Waals surface area (Å²) in [5, 5.41) is 8.56. The second-order valence-electron chi connectivity index (χ2n) is 7.51. The molecule has 0 spiro atoms. The largest absolute Gasteiger partial charge is 0.376 e. The number of hydrogen-bond donors (Lipinski definition) is 2. The number of nitrogens with one attached hydrogen (secondary N) is 2. The smallest absolute Gasteiger partial charge is 0.321 e. The van der Waals surface area contributed by atoms with Crippen LogP contribution in [0.25, 0.3) is 0 Å². The van der Waals surface area contributed by atoms with E-state index >= 15 is 0 Å². The van der Waals surface area contributed by atoms with Gasteiger partial charge in [0.1, 0.15) is 5.82 Å². The first kappa shape index (κ1) is 20.5. The van der Waals surface area contributed by atoms with E-state index in [0.29, 0.717) is 41.3 Å². The van der Waals surface area contributed by atoms with E-state index in [1.54, 1.807) is 12.1 Å². The SMILES string of the molecule is CC1CN(C(CNC(=O)Nc2nc(C3CC3)cs2)c2c(F)cccc2Cl)CCO1. The van der Waals surface area contributed by atoms with Crippen LogP contribution in [0, 0.1) is 5.82 Å². The lowest BCUT2D eigenvalue weighted by molar-refractivity contribution is -0.0344. The molecule has 2 heterocycles. The van der Waals surface area contributed by atoms with E-state index in [-0.39, 0.29) is 30.5 Å². The first-order valence-electron chi connectivity index (χ1n) is 9.81. The lowest BCUT2D eigenvalue weighted by Crippen LogP contribution is -2.47. The minimum absolute atomic E-state index is 0.0294. The molecule has 4 rings (SSSR count). The van der Waals surface area contributed by atoms with Crippen LogP contribution in [0.15, 0.2) is 23.6 Å². The molecular weight excluding hydrogens is 415 g/mol. The maximum atomic E-state index is 14.6. The van der Waals surface area contributed by atoms with Gasteiger partial charge in [-0.25, -0.2) is 14.2 Å². The van der Waals surface area contributed by atoms with Gasteiger partial charge in [-0.15, -0.1) is 11.3 Å². The number of anilines is 1. The van der Waals surface area contributed by atoms with Crippen LogP contribution in [0.1, 0.15) is 43.0 Å². The van der Waals surface area contributed by atoms with E-state index in [1.165, 1.54) is 30.2 Å². The molecule has 156 valence electrons. The van der Waals surface area contributed by atoms with Crippen LogP contribution in [0.2, 0.25) is 5.02 Å². The van der Waals surface area contributed by atoms with Crippen molar-refractivity contribution < 1.29 is 13.9 Å². The first-order chi connectivity index (χ1) is 14.0. The van der Waals surface area contributed by atoms with Crippen molar-refractivity contribution in [2.24, 2.45) is 0 Å². The number of urea groups is 1. The molecule has 1 saturated carbocycles. The van der Waals surface area contributed by atoms with Crippen LogP contribution in [-0.2, 0) is 4.74 Å². The summed E-state index contributed by atoms with van der Waals surface area (Å²) in [6, 6.07) is 3.90. The highest BCUT2D eigenvalue weighted by atomic mass is 35.5. The number of amides is 2. The molecule has 2 aromatic rings. The van der Waals surface area contributed by atoms with Gasteiger partial charge in [0.15, 0.2) is 5.13 Å². The van der Waals surface area contributed by atoms with Gasteiger partial charge >= 0.3 is 6.03 Å². The molecule has 1 aromatic carbocycles. The Balaban J connectivity index is 1.45. The molecule has 2 amide bonds. The van der Waals surface area contributed by atoms with Crippen LogP contribution < -0.4 is 10.6 Å². The van der Waals surface area contributed by atoms with Gasteiger partial charge in [0, 0.05) is 41.5 Å². The maximum Gasteiger partial charge on any atom is 0.321 e. The van der Waals surface area contributed by atoms with Crippen molar-refractivity contribution in [3.05, 3.63) is 45.7 Å². The summed E-state index contributed by atoms with van der Waals surface area (Å²) in [6.07, 6.45) is 2.36. The van der Waals surface area contributed by atoms with Gasteiger partial charge in [0.05, 0.1) is 24.4 Å². The second-order valence-corrected chi connectivity index (χ2v) is 8.78. The Labute approximate surface area is 178 Å². The van der Waals surface area contributed by atoms with Crippen molar-refractivity contribution in [2.75, 3.05) is 31.6 Å². The summed E-state index contributed by atoms with van der Waals surface area (Å²) in [5.41, 5.74) is 1.44. The molecule has 1 aromatic heterocycles. The lowest BCUT2D eigenvalue weighted by Gasteiger charge is -2.38. The number of rotatable bonds is 6. The summed E-state index contributed by atoms with van der Waals surface area (Å²) in [5.74, 6) is 0.165. The van der Waals surface area contributed by atoms with E-state index < -0.39 is 0 Å². The number of nitrogens with zero attached hydrogens (tertiary/aromatic N) is 2. The van der Waals surface area contributed by atoms with E-state index in [2.05, 4.69) is 20.5 Å². The van der Waals surface area contributed by atoms with Gasteiger partial charge in [0.2, 0.25) is 0 Å². The summed E-state index contributed by atoms with van der Waals surface area (Å²) >= 11 is 7.75. The number of morpholine rings is 1. The summed E-state index contributed by atoms with van der Waals surface area (Å²) in [4.78, 5) is 19.0. The molecule has 29 heavy (non-hydrogen) atoms. The topological polar surface area (TPSA) is 66.5 Å². The van der Waals surface area contributed by atoms with Crippen molar-refractivity contribution in [2.45, 2.75) is 37.8 Å². The predicted molar refractivity (Wildman–Crippen MR) is 112 cm³/mol. The monoisotopic (exact) mass is 438 g/mol. The van der Waals surface area contributed by atoms with Crippen molar-refractivity contribution in [3.8, 4) is 0 Å². The van der Waals surface area contributed by atoms with E-state index in [1.807, 2.05) is 12.3 Å². The standard InChI is InChI=1S/C20H24ClFN4O2S/c1-12-10-26(7-8-28-12)17(18-14(21)3-2-4-15(18)22)9-23-19(27)25-20-24-16(11-29-20)13-5-6-13/h2-4,11-13,17H,5-10H2,1H3,(H2,23,24,25,27). The van der Waals surface area contributed by atoms with Gasteiger partial charge in [0.25, 0.3) is 0 Å². The molecule has 6 nitrogen and oxygen atoms in total. The number of ether oxygens (including phenoxy) is 1. The molecule has 2 N–H and O–H groups in total. The fraction of sp³-hybridized carbons (Fsp3) is 0.500. The van der Waals surface area contributed by atoms with Crippen molar-refractivity contribution in [3.63, 3.8) is 0 Å². The highest BCUT2D eigenvalue weighted by Gasteiger charge is 2.30. The van der Waals surface area contributed by atoms with Crippen LogP contribution in [0.5, 0.6) is 0 Å². The Bertz CT molecular complexity index is 856. The van der Waals surface area contributed by atoms with E-state index in [4.69, 9.17) is 16.3 Å². The number of thiazole rings is 1. The summed E-state index contributed by atoms with van der Waals surface area (Å²) < 4.78 is 20.2. The Morgan fingerprint density at radius 3 is 3.03 bits per heavy atom. The van der Waals surface area contributed by atoms with Gasteiger partial charge in [-0.2, -0.15) is 0 Å².